The highest BCUT2D eigenvalue weighted by atomic mass is 35.5. The molecule has 0 bridgehead atoms. The molecule has 150 valence electrons. The number of hydrazone groups is 1. The van der Waals surface area contributed by atoms with Gasteiger partial charge in [-0.3, -0.25) is 10.1 Å². The summed E-state index contributed by atoms with van der Waals surface area (Å²) < 4.78 is 6.26. The molecule has 7 heteroatoms. The lowest BCUT2D eigenvalue weighted by molar-refractivity contribution is -0.385. The van der Waals surface area contributed by atoms with Crippen molar-refractivity contribution >= 4 is 23.0 Å². The molecule has 30 heavy (non-hydrogen) atoms. The Morgan fingerprint density at radius 3 is 2.70 bits per heavy atom. The summed E-state index contributed by atoms with van der Waals surface area (Å²) >= 11 is 6.26. The van der Waals surface area contributed by atoms with Crippen LogP contribution < -0.4 is 4.74 Å². The molecule has 5 rings (SSSR count). The van der Waals surface area contributed by atoms with E-state index in [0.717, 1.165) is 22.6 Å². The van der Waals surface area contributed by atoms with Crippen molar-refractivity contribution in [2.45, 2.75) is 25.6 Å². The lowest BCUT2D eigenvalue weighted by atomic mass is 9.95. The fraction of sp³-hybridized carbons (Fsp3) is 0.174. The topological polar surface area (TPSA) is 68.0 Å². The summed E-state index contributed by atoms with van der Waals surface area (Å²) in [7, 11) is 0. The fourth-order valence-electron chi connectivity index (χ4n) is 3.99. The largest absolute Gasteiger partial charge is 0.464 e. The molecule has 0 amide bonds. The first-order valence-electron chi connectivity index (χ1n) is 9.63. The zero-order valence-corrected chi connectivity index (χ0v) is 16.9. The van der Waals surface area contributed by atoms with E-state index in [1.54, 1.807) is 18.2 Å². The molecule has 6 nitrogen and oxygen atoms in total. The standard InChI is InChI=1S/C23H18ClN3O3/c1-14-5-7-15(8-6-14)20-13-21-19-12-17(24)9-10-22(19)30-23(26(21)25-20)16-3-2-4-18(11-16)27(28)29/h2-12,21,23H,13H2,1H3/t21-,23-/m1/s1. The molecular formula is C23H18ClN3O3. The van der Waals surface area contributed by atoms with Crippen LogP contribution in [0.3, 0.4) is 0 Å². The van der Waals surface area contributed by atoms with Gasteiger partial charge in [0, 0.05) is 34.7 Å². The molecule has 2 aliphatic heterocycles. The molecule has 0 radical (unpaired) electrons. The van der Waals surface area contributed by atoms with Gasteiger partial charge >= 0.3 is 0 Å². The third kappa shape index (κ3) is 3.19. The van der Waals surface area contributed by atoms with Crippen LogP contribution in [0.25, 0.3) is 0 Å². The van der Waals surface area contributed by atoms with Gasteiger partial charge < -0.3 is 4.74 Å². The summed E-state index contributed by atoms with van der Waals surface area (Å²) in [5.41, 5.74) is 4.86. The third-order valence-electron chi connectivity index (χ3n) is 5.50. The van der Waals surface area contributed by atoms with Crippen LogP contribution in [0, 0.1) is 17.0 Å². The average Bonchev–Trinajstić information content (AvgIpc) is 3.19. The first kappa shape index (κ1) is 18.6. The normalized spacial score (nSPS) is 19.5. The van der Waals surface area contributed by atoms with E-state index in [1.807, 2.05) is 30.1 Å². The summed E-state index contributed by atoms with van der Waals surface area (Å²) in [5.74, 6) is 0.720. The molecule has 2 aliphatic rings. The van der Waals surface area contributed by atoms with E-state index in [9.17, 15) is 10.1 Å². The number of hydrogen-bond acceptors (Lipinski definition) is 5. The van der Waals surface area contributed by atoms with E-state index < -0.39 is 11.2 Å². The van der Waals surface area contributed by atoms with Crippen molar-refractivity contribution in [1.29, 1.82) is 0 Å². The first-order valence-corrected chi connectivity index (χ1v) is 10.0. The van der Waals surface area contributed by atoms with E-state index in [0.29, 0.717) is 17.0 Å². The van der Waals surface area contributed by atoms with Crippen LogP contribution in [-0.4, -0.2) is 15.6 Å². The maximum Gasteiger partial charge on any atom is 0.269 e. The van der Waals surface area contributed by atoms with Crippen LogP contribution in [0.15, 0.2) is 71.8 Å². The van der Waals surface area contributed by atoms with Crippen LogP contribution in [0.2, 0.25) is 5.02 Å². The van der Waals surface area contributed by atoms with Crippen LogP contribution >= 0.6 is 11.6 Å². The SMILES string of the molecule is Cc1ccc(C2=NN3[C@H](C2)c2cc(Cl)ccc2O[C@@H]3c2cccc([N+](=O)[O-])c2)cc1. The summed E-state index contributed by atoms with van der Waals surface area (Å²) in [5, 5.41) is 18.7. The van der Waals surface area contributed by atoms with E-state index in [1.165, 1.54) is 11.6 Å². The second kappa shape index (κ2) is 7.15. The number of rotatable bonds is 3. The zero-order chi connectivity index (χ0) is 20.8. The molecule has 0 saturated heterocycles. The summed E-state index contributed by atoms with van der Waals surface area (Å²) in [6, 6.07) is 20.3. The monoisotopic (exact) mass is 419 g/mol. The minimum absolute atomic E-state index is 0.0245. The second-order valence-corrected chi connectivity index (χ2v) is 7.95. The molecule has 0 spiro atoms. The number of benzene rings is 3. The quantitative estimate of drug-likeness (QED) is 0.397. The number of nitrogens with zero attached hydrogens (tertiary/aromatic N) is 3. The molecule has 0 saturated carbocycles. The minimum Gasteiger partial charge on any atom is -0.464 e. The van der Waals surface area contributed by atoms with Gasteiger partial charge in [-0.2, -0.15) is 5.10 Å². The third-order valence-corrected chi connectivity index (χ3v) is 5.74. The van der Waals surface area contributed by atoms with Crippen LogP contribution in [-0.2, 0) is 0 Å². The highest BCUT2D eigenvalue weighted by Gasteiger charge is 2.41. The number of fused-ring (bicyclic) bond motifs is 3. The van der Waals surface area contributed by atoms with Crippen molar-refractivity contribution in [2.24, 2.45) is 5.10 Å². The number of ether oxygens (including phenoxy) is 1. The summed E-state index contributed by atoms with van der Waals surface area (Å²) in [4.78, 5) is 10.9. The van der Waals surface area contributed by atoms with E-state index >= 15 is 0 Å². The van der Waals surface area contributed by atoms with Crippen molar-refractivity contribution in [3.8, 4) is 5.75 Å². The van der Waals surface area contributed by atoms with Gasteiger partial charge in [-0.15, -0.1) is 0 Å². The maximum absolute atomic E-state index is 11.3. The van der Waals surface area contributed by atoms with Crippen LogP contribution in [0.5, 0.6) is 5.75 Å². The number of nitro benzene ring substituents is 1. The zero-order valence-electron chi connectivity index (χ0n) is 16.2. The predicted molar refractivity (Wildman–Crippen MR) is 115 cm³/mol. The number of nitro groups is 1. The molecule has 2 heterocycles. The average molecular weight is 420 g/mol. The lowest BCUT2D eigenvalue weighted by Gasteiger charge is -2.38. The number of hydrogen-bond donors (Lipinski definition) is 0. The summed E-state index contributed by atoms with van der Waals surface area (Å²) in [6.45, 7) is 2.05. The molecule has 0 aromatic heterocycles. The molecule has 0 fully saturated rings. The molecule has 3 aromatic rings. The Bertz CT molecular complexity index is 1180. The molecular weight excluding hydrogens is 402 g/mol. The maximum atomic E-state index is 11.3. The van der Waals surface area contributed by atoms with Gasteiger partial charge in [-0.25, -0.2) is 5.01 Å². The first-order chi connectivity index (χ1) is 14.5. The van der Waals surface area contributed by atoms with E-state index in [-0.39, 0.29) is 11.7 Å². The van der Waals surface area contributed by atoms with Gasteiger partial charge in [0.15, 0.2) is 0 Å². The van der Waals surface area contributed by atoms with Crippen molar-refractivity contribution in [2.75, 3.05) is 0 Å². The van der Waals surface area contributed by atoms with Gasteiger partial charge in [-0.05, 0) is 30.7 Å². The van der Waals surface area contributed by atoms with Crippen molar-refractivity contribution < 1.29 is 9.66 Å². The lowest BCUT2D eigenvalue weighted by Crippen LogP contribution is -2.33. The van der Waals surface area contributed by atoms with E-state index in [2.05, 4.69) is 24.3 Å². The predicted octanol–water partition coefficient (Wildman–Crippen LogP) is 5.80. The Kier molecular flexibility index (Phi) is 4.44. The van der Waals surface area contributed by atoms with Crippen molar-refractivity contribution in [3.63, 3.8) is 0 Å². The smallest absolute Gasteiger partial charge is 0.269 e. The Labute approximate surface area is 178 Å². The Morgan fingerprint density at radius 1 is 1.13 bits per heavy atom. The summed E-state index contributed by atoms with van der Waals surface area (Å²) in [6.07, 6.45) is 0.136. The molecule has 3 aromatic carbocycles. The van der Waals surface area contributed by atoms with Gasteiger partial charge in [-0.1, -0.05) is 53.6 Å². The molecule has 0 aliphatic carbocycles. The highest BCUT2D eigenvalue weighted by Crippen LogP contribution is 2.48. The Morgan fingerprint density at radius 2 is 1.93 bits per heavy atom. The van der Waals surface area contributed by atoms with Crippen LogP contribution in [0.1, 0.15) is 40.9 Å². The van der Waals surface area contributed by atoms with Gasteiger partial charge in [0.2, 0.25) is 6.23 Å². The van der Waals surface area contributed by atoms with Crippen LogP contribution in [0.4, 0.5) is 5.69 Å². The van der Waals surface area contributed by atoms with Gasteiger partial charge in [0.25, 0.3) is 5.69 Å². The number of aryl methyl sites for hydroxylation is 1. The second-order valence-electron chi connectivity index (χ2n) is 7.52. The van der Waals surface area contributed by atoms with E-state index in [4.69, 9.17) is 21.4 Å². The Balaban J connectivity index is 1.60. The van der Waals surface area contributed by atoms with Gasteiger partial charge in [0.1, 0.15) is 5.75 Å². The number of non-ortho nitro benzene ring substituents is 1. The van der Waals surface area contributed by atoms with Gasteiger partial charge in [0.05, 0.1) is 16.7 Å². The van der Waals surface area contributed by atoms with Crippen molar-refractivity contribution in [1.82, 2.24) is 5.01 Å². The highest BCUT2D eigenvalue weighted by molar-refractivity contribution is 6.30. The molecule has 0 unspecified atom stereocenters. The minimum atomic E-state index is -0.563. The fourth-order valence-corrected chi connectivity index (χ4v) is 4.17. The Hall–Kier alpha value is -3.38. The molecule has 2 atom stereocenters. The van der Waals surface area contributed by atoms with Crippen molar-refractivity contribution in [3.05, 3.63) is 104 Å². The molecule has 0 N–H and O–H groups in total. The number of halogens is 1.